The topological polar surface area (TPSA) is 35.5 Å². The number of methoxy groups -OCH3 is 1. The predicted octanol–water partition coefficient (Wildman–Crippen LogP) is 5.95. The van der Waals surface area contributed by atoms with Gasteiger partial charge in [0, 0.05) is 0 Å². The lowest BCUT2D eigenvalue weighted by Crippen LogP contribution is -2.14. The van der Waals surface area contributed by atoms with E-state index in [1.54, 1.807) is 0 Å². The highest BCUT2D eigenvalue weighted by Gasteiger charge is 2.26. The van der Waals surface area contributed by atoms with Gasteiger partial charge in [0.25, 0.3) is 0 Å². The fraction of sp³-hybridized carbons (Fsp3) is 0.0714. The summed E-state index contributed by atoms with van der Waals surface area (Å²) in [6.45, 7) is 0. The first-order valence-electron chi connectivity index (χ1n) is 5.95. The molecule has 0 amide bonds. The number of esters is 1. The predicted molar refractivity (Wildman–Crippen MR) is 84.3 cm³/mol. The lowest BCUT2D eigenvalue weighted by Gasteiger charge is -2.12. The Balaban J connectivity index is 2.49. The van der Waals surface area contributed by atoms with Gasteiger partial charge in [-0.25, -0.2) is 13.6 Å². The minimum absolute atomic E-state index is 0.00728. The molecule has 0 aliphatic heterocycles. The van der Waals surface area contributed by atoms with Gasteiger partial charge in [0.15, 0.2) is 23.1 Å². The minimum Gasteiger partial charge on any atom is -0.491 e. The van der Waals surface area contributed by atoms with Crippen molar-refractivity contribution in [1.82, 2.24) is 0 Å². The molecule has 2 rings (SSSR count). The molecule has 0 bridgehead atoms. The van der Waals surface area contributed by atoms with Crippen LogP contribution in [0.5, 0.6) is 11.5 Å². The largest absolute Gasteiger partial charge is 0.491 e. The van der Waals surface area contributed by atoms with Crippen LogP contribution in [-0.4, -0.2) is 13.1 Å². The van der Waals surface area contributed by atoms with Crippen molar-refractivity contribution in [3.8, 4) is 11.5 Å². The number of carbonyl (C=O) groups is 1. The quantitative estimate of drug-likeness (QED) is 0.267. The molecule has 0 unspecified atom stereocenters. The van der Waals surface area contributed by atoms with Crippen molar-refractivity contribution in [3.63, 3.8) is 0 Å². The standard InChI is InChI=1S/C14H5Cl4F3O3/c1-23-13-10(20)4(2-7(19)11(13)21)14(22)24-12-6(16)3-5(15)8(17)9(12)18/h2-3H,1H3. The second-order valence-electron chi connectivity index (χ2n) is 4.25. The summed E-state index contributed by atoms with van der Waals surface area (Å²) in [7, 11) is 0.906. The number of carbonyl (C=O) groups excluding carboxylic acids is 1. The first kappa shape index (κ1) is 19.0. The Morgan fingerprint density at radius 1 is 0.917 bits per heavy atom. The third-order valence-electron chi connectivity index (χ3n) is 2.81. The van der Waals surface area contributed by atoms with Gasteiger partial charge in [0.05, 0.1) is 22.2 Å². The molecule has 128 valence electrons. The fourth-order valence-electron chi connectivity index (χ4n) is 1.70. The van der Waals surface area contributed by atoms with Gasteiger partial charge < -0.3 is 9.47 Å². The van der Waals surface area contributed by atoms with E-state index in [4.69, 9.17) is 51.1 Å². The number of hydrogen-bond donors (Lipinski definition) is 0. The second-order valence-corrected chi connectivity index (χ2v) is 5.82. The summed E-state index contributed by atoms with van der Waals surface area (Å²) < 4.78 is 50.2. The SMILES string of the molecule is COc1c(F)c(F)cc(C(=O)Oc2c(Cl)cc(Cl)c(Cl)c2Cl)c1F. The molecule has 0 heterocycles. The molecule has 0 spiro atoms. The first-order valence-corrected chi connectivity index (χ1v) is 7.46. The Morgan fingerprint density at radius 3 is 2.12 bits per heavy atom. The molecule has 2 aromatic rings. The van der Waals surface area contributed by atoms with E-state index >= 15 is 0 Å². The second kappa shape index (κ2) is 7.27. The summed E-state index contributed by atoms with van der Waals surface area (Å²) in [5.41, 5.74) is -0.927. The van der Waals surface area contributed by atoms with Crippen molar-refractivity contribution < 1.29 is 27.4 Å². The Hall–Kier alpha value is -1.34. The van der Waals surface area contributed by atoms with Crippen LogP contribution in [0.2, 0.25) is 20.1 Å². The average Bonchev–Trinajstić information content (AvgIpc) is 2.53. The summed E-state index contributed by atoms with van der Waals surface area (Å²) >= 11 is 23.2. The molecule has 0 fully saturated rings. The molecule has 0 atom stereocenters. The van der Waals surface area contributed by atoms with Gasteiger partial charge in [-0.1, -0.05) is 46.4 Å². The van der Waals surface area contributed by atoms with Crippen LogP contribution in [-0.2, 0) is 0 Å². The van der Waals surface area contributed by atoms with Gasteiger partial charge in [-0.05, 0) is 12.1 Å². The summed E-state index contributed by atoms with van der Waals surface area (Å²) in [5.74, 6) is -7.43. The molecular weight excluding hydrogens is 415 g/mol. The maximum Gasteiger partial charge on any atom is 0.346 e. The van der Waals surface area contributed by atoms with E-state index in [9.17, 15) is 18.0 Å². The van der Waals surface area contributed by atoms with Crippen molar-refractivity contribution in [2.45, 2.75) is 0 Å². The van der Waals surface area contributed by atoms with E-state index in [0.29, 0.717) is 6.07 Å². The maximum absolute atomic E-state index is 14.1. The molecule has 10 heteroatoms. The summed E-state index contributed by atoms with van der Waals surface area (Å²) in [4.78, 5) is 12.1. The molecular formula is C14H5Cl4F3O3. The molecule has 2 aromatic carbocycles. The zero-order valence-corrected chi connectivity index (χ0v) is 14.5. The van der Waals surface area contributed by atoms with Gasteiger partial charge in [-0.15, -0.1) is 0 Å². The highest BCUT2D eigenvalue weighted by atomic mass is 35.5. The molecule has 24 heavy (non-hydrogen) atoms. The van der Waals surface area contributed by atoms with Gasteiger partial charge >= 0.3 is 5.97 Å². The summed E-state index contributed by atoms with van der Waals surface area (Å²) in [6.07, 6.45) is 0. The van der Waals surface area contributed by atoms with Crippen LogP contribution < -0.4 is 9.47 Å². The Morgan fingerprint density at radius 2 is 1.54 bits per heavy atom. The van der Waals surface area contributed by atoms with E-state index < -0.39 is 40.5 Å². The van der Waals surface area contributed by atoms with Crippen molar-refractivity contribution >= 4 is 52.4 Å². The Labute approximate surface area is 153 Å². The van der Waals surface area contributed by atoms with Crippen LogP contribution in [0.15, 0.2) is 12.1 Å². The maximum atomic E-state index is 14.1. The van der Waals surface area contributed by atoms with Crippen molar-refractivity contribution in [1.29, 1.82) is 0 Å². The summed E-state index contributed by atoms with van der Waals surface area (Å²) in [6, 6.07) is 1.46. The van der Waals surface area contributed by atoms with E-state index in [0.717, 1.165) is 13.2 Å². The summed E-state index contributed by atoms with van der Waals surface area (Å²) in [5, 5.41) is -0.670. The lowest BCUT2D eigenvalue weighted by molar-refractivity contribution is 0.0728. The highest BCUT2D eigenvalue weighted by Crippen LogP contribution is 2.43. The Bertz CT molecular complexity index is 843. The third-order valence-corrected chi connectivity index (χ3v) is 4.33. The molecule has 0 saturated carbocycles. The van der Waals surface area contributed by atoms with E-state index in [2.05, 4.69) is 4.74 Å². The smallest absolute Gasteiger partial charge is 0.346 e. The first-order chi connectivity index (χ1) is 11.2. The van der Waals surface area contributed by atoms with Gasteiger partial charge in [-0.2, -0.15) is 4.39 Å². The molecule has 3 nitrogen and oxygen atoms in total. The molecule has 0 aliphatic carbocycles. The zero-order valence-electron chi connectivity index (χ0n) is 11.5. The molecule has 0 saturated heterocycles. The normalized spacial score (nSPS) is 10.7. The van der Waals surface area contributed by atoms with Gasteiger partial charge in [0.2, 0.25) is 5.82 Å². The molecule has 0 aromatic heterocycles. The van der Waals surface area contributed by atoms with Gasteiger partial charge in [-0.3, -0.25) is 0 Å². The number of rotatable bonds is 3. The molecule has 0 aliphatic rings. The lowest BCUT2D eigenvalue weighted by atomic mass is 10.2. The van der Waals surface area contributed by atoms with Crippen molar-refractivity contribution in [2.24, 2.45) is 0 Å². The minimum atomic E-state index is -1.59. The average molecular weight is 420 g/mol. The number of hydrogen-bond acceptors (Lipinski definition) is 3. The van der Waals surface area contributed by atoms with Gasteiger partial charge in [0.1, 0.15) is 10.6 Å². The van der Waals surface area contributed by atoms with Crippen LogP contribution in [0.3, 0.4) is 0 Å². The Kier molecular flexibility index (Phi) is 5.75. The van der Waals surface area contributed by atoms with Crippen molar-refractivity contribution in [2.75, 3.05) is 7.11 Å². The monoisotopic (exact) mass is 418 g/mol. The zero-order chi connectivity index (χ0) is 18.2. The fourth-order valence-corrected chi connectivity index (χ4v) is 2.68. The van der Waals surface area contributed by atoms with Crippen LogP contribution >= 0.6 is 46.4 Å². The van der Waals surface area contributed by atoms with Crippen LogP contribution in [0.1, 0.15) is 10.4 Å². The number of halogens is 7. The molecule has 0 N–H and O–H groups in total. The van der Waals surface area contributed by atoms with E-state index in [1.165, 1.54) is 0 Å². The number of benzene rings is 2. The van der Waals surface area contributed by atoms with Crippen LogP contribution in [0, 0.1) is 17.5 Å². The molecule has 0 radical (unpaired) electrons. The highest BCUT2D eigenvalue weighted by molar-refractivity contribution is 6.50. The third kappa shape index (κ3) is 3.37. The van der Waals surface area contributed by atoms with E-state index in [1.807, 2.05) is 0 Å². The van der Waals surface area contributed by atoms with E-state index in [-0.39, 0.29) is 20.1 Å². The number of ether oxygens (including phenoxy) is 2. The van der Waals surface area contributed by atoms with Crippen molar-refractivity contribution in [3.05, 3.63) is 55.2 Å². The van der Waals surface area contributed by atoms with Crippen LogP contribution in [0.4, 0.5) is 13.2 Å². The van der Waals surface area contributed by atoms with Crippen LogP contribution in [0.25, 0.3) is 0 Å².